The van der Waals surface area contributed by atoms with Crippen LogP contribution in [0.5, 0.6) is 5.75 Å². The van der Waals surface area contributed by atoms with Crippen molar-refractivity contribution in [3.63, 3.8) is 0 Å². The fourth-order valence-corrected chi connectivity index (χ4v) is 5.80. The molecule has 4 rings (SSSR count). The SMILES string of the molecule is COc1ccc(CC(=O)Nc2cc(C)nn2-c2cc(C)cc(C)c2)cc1S(=O)(=O)N1CCOCC1. The van der Waals surface area contributed by atoms with Gasteiger partial charge in [0.05, 0.1) is 38.1 Å². The Kier molecular flexibility index (Phi) is 7.25. The first kappa shape index (κ1) is 24.9. The van der Waals surface area contributed by atoms with Gasteiger partial charge < -0.3 is 14.8 Å². The number of morpholine rings is 1. The molecule has 1 amide bonds. The molecular weight excluding hydrogens is 468 g/mol. The largest absolute Gasteiger partial charge is 0.495 e. The smallest absolute Gasteiger partial charge is 0.246 e. The van der Waals surface area contributed by atoms with Gasteiger partial charge in [-0.3, -0.25) is 4.79 Å². The van der Waals surface area contributed by atoms with Gasteiger partial charge in [-0.05, 0) is 61.7 Å². The predicted molar refractivity (Wildman–Crippen MR) is 133 cm³/mol. The van der Waals surface area contributed by atoms with Gasteiger partial charge in [-0.1, -0.05) is 12.1 Å². The van der Waals surface area contributed by atoms with E-state index in [-0.39, 0.29) is 36.1 Å². The standard InChI is InChI=1S/C25H30N4O5S/c1-17-11-18(2)13-21(12-17)29-24(14-19(3)27-29)26-25(30)16-20-5-6-22(33-4)23(15-20)35(31,32)28-7-9-34-10-8-28/h5-6,11-15H,7-10,16H2,1-4H3,(H,26,30). The second-order valence-electron chi connectivity index (χ2n) is 8.66. The van der Waals surface area contributed by atoms with E-state index in [0.29, 0.717) is 24.6 Å². The average molecular weight is 499 g/mol. The molecule has 1 fully saturated rings. The monoisotopic (exact) mass is 498 g/mol. The highest BCUT2D eigenvalue weighted by molar-refractivity contribution is 7.89. The van der Waals surface area contributed by atoms with Crippen molar-refractivity contribution in [1.29, 1.82) is 0 Å². The fourth-order valence-electron chi connectivity index (χ4n) is 4.19. The number of anilines is 1. The summed E-state index contributed by atoms with van der Waals surface area (Å²) in [5, 5.41) is 7.46. The topological polar surface area (TPSA) is 103 Å². The molecule has 0 radical (unpaired) electrons. The van der Waals surface area contributed by atoms with E-state index in [0.717, 1.165) is 22.5 Å². The first-order valence-electron chi connectivity index (χ1n) is 11.4. The number of hydrogen-bond acceptors (Lipinski definition) is 6. The zero-order valence-electron chi connectivity index (χ0n) is 20.4. The molecule has 10 heteroatoms. The molecule has 0 saturated carbocycles. The van der Waals surface area contributed by atoms with Crippen LogP contribution in [0.4, 0.5) is 5.82 Å². The Hall–Kier alpha value is -3.21. The summed E-state index contributed by atoms with van der Waals surface area (Å²) in [6.45, 7) is 7.13. The number of amides is 1. The fraction of sp³-hybridized carbons (Fsp3) is 0.360. The molecule has 2 heterocycles. The van der Waals surface area contributed by atoms with E-state index in [9.17, 15) is 13.2 Å². The Bertz CT molecular complexity index is 1320. The maximum absolute atomic E-state index is 13.2. The van der Waals surface area contributed by atoms with Crippen LogP contribution in [0.2, 0.25) is 0 Å². The van der Waals surface area contributed by atoms with Crippen LogP contribution in [0.3, 0.4) is 0 Å². The van der Waals surface area contributed by atoms with E-state index in [1.165, 1.54) is 17.5 Å². The summed E-state index contributed by atoms with van der Waals surface area (Å²) in [6.07, 6.45) is -0.00724. The molecule has 1 saturated heterocycles. The van der Waals surface area contributed by atoms with E-state index < -0.39 is 10.0 Å². The number of aryl methyl sites for hydroxylation is 3. The van der Waals surface area contributed by atoms with Crippen LogP contribution in [0.25, 0.3) is 5.69 Å². The van der Waals surface area contributed by atoms with Gasteiger partial charge in [-0.15, -0.1) is 0 Å². The third kappa shape index (κ3) is 5.55. The van der Waals surface area contributed by atoms with Crippen molar-refractivity contribution in [2.45, 2.75) is 32.1 Å². The normalized spacial score (nSPS) is 14.6. The number of hydrogen-bond donors (Lipinski definition) is 1. The molecular formula is C25H30N4O5S. The first-order valence-corrected chi connectivity index (χ1v) is 12.8. The summed E-state index contributed by atoms with van der Waals surface area (Å²) in [7, 11) is -2.36. The molecule has 3 aromatic rings. The van der Waals surface area contributed by atoms with Crippen molar-refractivity contribution in [3.8, 4) is 11.4 Å². The maximum atomic E-state index is 13.2. The van der Waals surface area contributed by atoms with Gasteiger partial charge in [-0.25, -0.2) is 13.1 Å². The zero-order chi connectivity index (χ0) is 25.2. The molecule has 1 N–H and O–H groups in total. The number of ether oxygens (including phenoxy) is 2. The van der Waals surface area contributed by atoms with E-state index in [1.54, 1.807) is 22.9 Å². The molecule has 1 aromatic heterocycles. The average Bonchev–Trinajstić information content (AvgIpc) is 3.18. The number of sulfonamides is 1. The quantitative estimate of drug-likeness (QED) is 0.537. The molecule has 0 atom stereocenters. The summed E-state index contributed by atoms with van der Waals surface area (Å²) in [4.78, 5) is 13.0. The van der Waals surface area contributed by atoms with E-state index in [2.05, 4.69) is 16.5 Å². The van der Waals surface area contributed by atoms with Crippen molar-refractivity contribution in [1.82, 2.24) is 14.1 Å². The van der Waals surface area contributed by atoms with Crippen LogP contribution < -0.4 is 10.1 Å². The Morgan fingerprint density at radius 2 is 1.74 bits per heavy atom. The second kappa shape index (κ2) is 10.2. The molecule has 35 heavy (non-hydrogen) atoms. The van der Waals surface area contributed by atoms with Crippen LogP contribution >= 0.6 is 0 Å². The summed E-state index contributed by atoms with van der Waals surface area (Å²) in [5.41, 5.74) is 4.37. The van der Waals surface area contributed by atoms with Crippen molar-refractivity contribution < 1.29 is 22.7 Å². The van der Waals surface area contributed by atoms with Crippen LogP contribution in [0, 0.1) is 20.8 Å². The van der Waals surface area contributed by atoms with Gasteiger partial charge in [0.25, 0.3) is 0 Å². The van der Waals surface area contributed by atoms with Gasteiger partial charge in [0, 0.05) is 19.2 Å². The Labute approximate surface area is 205 Å². The molecule has 1 aliphatic rings. The third-order valence-corrected chi connectivity index (χ3v) is 7.65. The minimum absolute atomic E-state index is 0.00724. The molecule has 0 unspecified atom stereocenters. The van der Waals surface area contributed by atoms with Gasteiger partial charge >= 0.3 is 0 Å². The lowest BCUT2D eigenvalue weighted by atomic mass is 10.1. The minimum Gasteiger partial charge on any atom is -0.495 e. The number of methoxy groups -OCH3 is 1. The number of carbonyl (C=O) groups is 1. The van der Waals surface area contributed by atoms with Gasteiger partial charge in [0.15, 0.2) is 0 Å². The number of carbonyl (C=O) groups excluding carboxylic acids is 1. The minimum atomic E-state index is -3.79. The Morgan fingerprint density at radius 3 is 2.40 bits per heavy atom. The third-order valence-electron chi connectivity index (χ3n) is 5.73. The van der Waals surface area contributed by atoms with Gasteiger partial charge in [0.1, 0.15) is 16.5 Å². The highest BCUT2D eigenvalue weighted by Crippen LogP contribution is 2.29. The number of nitrogens with zero attached hydrogens (tertiary/aromatic N) is 3. The Morgan fingerprint density at radius 1 is 1.06 bits per heavy atom. The number of aromatic nitrogens is 2. The van der Waals surface area contributed by atoms with E-state index in [1.807, 2.05) is 32.9 Å². The number of benzene rings is 2. The number of rotatable bonds is 7. The summed E-state index contributed by atoms with van der Waals surface area (Å²) in [5.74, 6) is 0.506. The van der Waals surface area contributed by atoms with Crippen LogP contribution in [-0.4, -0.2) is 61.8 Å². The van der Waals surface area contributed by atoms with Crippen LogP contribution in [0.15, 0.2) is 47.4 Å². The van der Waals surface area contributed by atoms with Gasteiger partial charge in [-0.2, -0.15) is 9.40 Å². The molecule has 2 aromatic carbocycles. The van der Waals surface area contributed by atoms with Crippen molar-refractivity contribution in [3.05, 3.63) is 64.8 Å². The lowest BCUT2D eigenvalue weighted by molar-refractivity contribution is -0.115. The number of nitrogens with one attached hydrogen (secondary N) is 1. The van der Waals surface area contributed by atoms with Crippen LogP contribution in [0.1, 0.15) is 22.4 Å². The first-order chi connectivity index (χ1) is 16.7. The Balaban J connectivity index is 1.57. The summed E-state index contributed by atoms with van der Waals surface area (Å²) < 4.78 is 40.1. The van der Waals surface area contributed by atoms with Crippen molar-refractivity contribution >= 4 is 21.7 Å². The summed E-state index contributed by atoms with van der Waals surface area (Å²) >= 11 is 0. The second-order valence-corrected chi connectivity index (χ2v) is 10.6. The molecule has 186 valence electrons. The molecule has 0 bridgehead atoms. The van der Waals surface area contributed by atoms with Crippen LogP contribution in [-0.2, 0) is 26.0 Å². The molecule has 9 nitrogen and oxygen atoms in total. The maximum Gasteiger partial charge on any atom is 0.246 e. The predicted octanol–water partition coefficient (Wildman–Crippen LogP) is 3.01. The van der Waals surface area contributed by atoms with Gasteiger partial charge in [0.2, 0.25) is 15.9 Å². The highest BCUT2D eigenvalue weighted by Gasteiger charge is 2.29. The zero-order valence-corrected chi connectivity index (χ0v) is 21.2. The molecule has 0 spiro atoms. The van der Waals surface area contributed by atoms with E-state index in [4.69, 9.17) is 9.47 Å². The highest BCUT2D eigenvalue weighted by atomic mass is 32.2. The lowest BCUT2D eigenvalue weighted by Gasteiger charge is -2.26. The van der Waals surface area contributed by atoms with Crippen molar-refractivity contribution in [2.24, 2.45) is 0 Å². The lowest BCUT2D eigenvalue weighted by Crippen LogP contribution is -2.40. The van der Waals surface area contributed by atoms with E-state index >= 15 is 0 Å². The summed E-state index contributed by atoms with van der Waals surface area (Å²) in [6, 6.07) is 12.7. The molecule has 1 aliphatic heterocycles. The van der Waals surface area contributed by atoms with Crippen molar-refractivity contribution in [2.75, 3.05) is 38.7 Å². The molecule has 0 aliphatic carbocycles.